The summed E-state index contributed by atoms with van der Waals surface area (Å²) < 4.78 is 40.2. The van der Waals surface area contributed by atoms with E-state index in [1.165, 1.54) is 12.1 Å². The van der Waals surface area contributed by atoms with E-state index in [0.29, 0.717) is 5.69 Å². The van der Waals surface area contributed by atoms with E-state index in [1.54, 1.807) is 0 Å². The summed E-state index contributed by atoms with van der Waals surface area (Å²) in [7, 11) is 0. The molecule has 0 atom stereocenters. The minimum Gasteiger partial charge on any atom is -0.406 e. The first-order chi connectivity index (χ1) is 12.9. The fourth-order valence-electron chi connectivity index (χ4n) is 2.58. The van der Waals surface area contributed by atoms with Crippen LogP contribution in [0.5, 0.6) is 5.75 Å². The molecule has 1 amide bonds. The molecule has 27 heavy (non-hydrogen) atoms. The van der Waals surface area contributed by atoms with Crippen LogP contribution in [0.1, 0.15) is 5.56 Å². The summed E-state index contributed by atoms with van der Waals surface area (Å²) in [6, 6.07) is 22.5. The molecule has 0 saturated carbocycles. The van der Waals surface area contributed by atoms with Gasteiger partial charge in [-0.3, -0.25) is 4.79 Å². The van der Waals surface area contributed by atoms with Gasteiger partial charge in [0.15, 0.2) is 0 Å². The lowest BCUT2D eigenvalue weighted by molar-refractivity contribution is -0.274. The number of benzene rings is 3. The quantitative estimate of drug-likeness (QED) is 0.649. The monoisotopic (exact) mass is 371 g/mol. The van der Waals surface area contributed by atoms with Crippen molar-refractivity contribution in [3.63, 3.8) is 0 Å². The van der Waals surface area contributed by atoms with E-state index in [9.17, 15) is 18.0 Å². The van der Waals surface area contributed by atoms with Crippen LogP contribution < -0.4 is 10.1 Å². The number of ether oxygens (including phenoxy) is 1. The smallest absolute Gasteiger partial charge is 0.406 e. The van der Waals surface area contributed by atoms with Gasteiger partial charge in [0.25, 0.3) is 0 Å². The van der Waals surface area contributed by atoms with Crippen molar-refractivity contribution in [1.82, 2.24) is 0 Å². The first-order valence-corrected chi connectivity index (χ1v) is 8.19. The van der Waals surface area contributed by atoms with Crippen LogP contribution in [-0.2, 0) is 11.2 Å². The predicted octanol–water partition coefficient (Wildman–Crippen LogP) is 5.43. The Morgan fingerprint density at radius 2 is 1.41 bits per heavy atom. The van der Waals surface area contributed by atoms with Gasteiger partial charge < -0.3 is 10.1 Å². The van der Waals surface area contributed by atoms with Crippen molar-refractivity contribution in [2.24, 2.45) is 0 Å². The van der Waals surface area contributed by atoms with Crippen molar-refractivity contribution in [3.05, 3.63) is 84.4 Å². The molecule has 0 bridgehead atoms. The Morgan fingerprint density at radius 3 is 2.00 bits per heavy atom. The maximum atomic E-state index is 12.1. The first-order valence-electron chi connectivity index (χ1n) is 8.19. The van der Waals surface area contributed by atoms with Gasteiger partial charge in [0, 0.05) is 5.69 Å². The van der Waals surface area contributed by atoms with E-state index >= 15 is 0 Å². The van der Waals surface area contributed by atoms with Gasteiger partial charge in [-0.25, -0.2) is 0 Å². The topological polar surface area (TPSA) is 38.3 Å². The number of nitrogens with one attached hydrogen (secondary N) is 1. The molecule has 1 N–H and O–H groups in total. The lowest BCUT2D eigenvalue weighted by Gasteiger charge is -2.10. The second-order valence-electron chi connectivity index (χ2n) is 5.86. The fraction of sp³-hybridized carbons (Fsp3) is 0.0952. The van der Waals surface area contributed by atoms with Crippen molar-refractivity contribution in [1.29, 1.82) is 0 Å². The molecule has 0 heterocycles. The normalized spacial score (nSPS) is 11.1. The highest BCUT2D eigenvalue weighted by atomic mass is 19.4. The second kappa shape index (κ2) is 7.95. The summed E-state index contributed by atoms with van der Waals surface area (Å²) in [6.07, 6.45) is -4.58. The average Bonchev–Trinajstić information content (AvgIpc) is 2.63. The maximum absolute atomic E-state index is 12.1. The van der Waals surface area contributed by atoms with Crippen molar-refractivity contribution in [3.8, 4) is 16.9 Å². The Labute approximate surface area is 154 Å². The summed E-state index contributed by atoms with van der Waals surface area (Å²) in [5.74, 6) is -0.594. The first kappa shape index (κ1) is 18.5. The molecule has 3 nitrogen and oxygen atoms in total. The highest BCUT2D eigenvalue weighted by Crippen LogP contribution is 2.24. The SMILES string of the molecule is O=C(Cc1ccc(-c2ccccc2)cc1)Nc1ccc(OC(F)(F)F)cc1. The number of hydrogen-bond donors (Lipinski definition) is 1. The number of halogens is 3. The number of anilines is 1. The number of carbonyl (C=O) groups is 1. The molecule has 0 spiro atoms. The van der Waals surface area contributed by atoms with E-state index < -0.39 is 6.36 Å². The van der Waals surface area contributed by atoms with Crippen LogP contribution in [0.25, 0.3) is 11.1 Å². The van der Waals surface area contributed by atoms with Gasteiger partial charge in [0.1, 0.15) is 5.75 Å². The number of alkyl halides is 3. The summed E-state index contributed by atoms with van der Waals surface area (Å²) in [6.45, 7) is 0. The van der Waals surface area contributed by atoms with Gasteiger partial charge in [-0.2, -0.15) is 0 Å². The van der Waals surface area contributed by atoms with Gasteiger partial charge in [0.2, 0.25) is 5.91 Å². The molecule has 0 radical (unpaired) electrons. The third-order valence-corrected chi connectivity index (χ3v) is 3.80. The Hall–Kier alpha value is -3.28. The van der Waals surface area contributed by atoms with Gasteiger partial charge in [-0.15, -0.1) is 13.2 Å². The van der Waals surface area contributed by atoms with Crippen LogP contribution in [0.2, 0.25) is 0 Å². The Balaban J connectivity index is 1.57. The average molecular weight is 371 g/mol. The van der Waals surface area contributed by atoms with Crippen molar-refractivity contribution in [2.45, 2.75) is 12.8 Å². The Bertz CT molecular complexity index is 889. The van der Waals surface area contributed by atoms with Crippen LogP contribution >= 0.6 is 0 Å². The molecule has 0 aromatic heterocycles. The number of carbonyl (C=O) groups excluding carboxylic acids is 1. The van der Waals surface area contributed by atoms with Gasteiger partial charge >= 0.3 is 6.36 Å². The number of hydrogen-bond acceptors (Lipinski definition) is 2. The highest BCUT2D eigenvalue weighted by Gasteiger charge is 2.30. The lowest BCUT2D eigenvalue weighted by atomic mass is 10.0. The molecule has 0 fully saturated rings. The largest absolute Gasteiger partial charge is 0.573 e. The van der Waals surface area contributed by atoms with Crippen LogP contribution in [0.3, 0.4) is 0 Å². The minimum absolute atomic E-state index is 0.163. The second-order valence-corrected chi connectivity index (χ2v) is 5.86. The molecule has 6 heteroatoms. The van der Waals surface area contributed by atoms with Crippen molar-refractivity contribution < 1.29 is 22.7 Å². The van der Waals surface area contributed by atoms with Gasteiger partial charge in [-0.1, -0.05) is 54.6 Å². The summed E-state index contributed by atoms with van der Waals surface area (Å²) >= 11 is 0. The van der Waals surface area contributed by atoms with E-state index in [-0.39, 0.29) is 18.1 Å². The minimum atomic E-state index is -4.74. The molecule has 3 aromatic carbocycles. The van der Waals surface area contributed by atoms with Crippen molar-refractivity contribution >= 4 is 11.6 Å². The standard InChI is InChI=1S/C21H16F3NO2/c22-21(23,24)27-19-12-10-18(11-13-19)25-20(26)14-15-6-8-17(9-7-15)16-4-2-1-3-5-16/h1-13H,14H2,(H,25,26). The van der Waals surface area contributed by atoms with Crippen LogP contribution in [0, 0.1) is 0 Å². The number of amides is 1. The third-order valence-electron chi connectivity index (χ3n) is 3.80. The summed E-state index contributed by atoms with van der Waals surface area (Å²) in [5, 5.41) is 2.65. The van der Waals surface area contributed by atoms with Gasteiger partial charge in [-0.05, 0) is 41.0 Å². The Morgan fingerprint density at radius 1 is 0.815 bits per heavy atom. The Kier molecular flexibility index (Phi) is 5.45. The number of rotatable bonds is 5. The molecule has 138 valence electrons. The molecule has 3 rings (SSSR count). The van der Waals surface area contributed by atoms with E-state index in [4.69, 9.17) is 0 Å². The van der Waals surface area contributed by atoms with Crippen LogP contribution in [0.15, 0.2) is 78.9 Å². The maximum Gasteiger partial charge on any atom is 0.573 e. The van der Waals surface area contributed by atoms with Crippen molar-refractivity contribution in [2.75, 3.05) is 5.32 Å². The van der Waals surface area contributed by atoms with E-state index in [0.717, 1.165) is 28.8 Å². The zero-order valence-electron chi connectivity index (χ0n) is 14.2. The predicted molar refractivity (Wildman–Crippen MR) is 97.3 cm³/mol. The molecule has 0 unspecified atom stereocenters. The van der Waals surface area contributed by atoms with E-state index in [2.05, 4.69) is 10.1 Å². The lowest BCUT2D eigenvalue weighted by Crippen LogP contribution is -2.17. The summed E-state index contributed by atoms with van der Waals surface area (Å²) in [4.78, 5) is 12.1. The summed E-state index contributed by atoms with van der Waals surface area (Å²) in [5.41, 5.74) is 3.38. The third kappa shape index (κ3) is 5.60. The molecule has 0 aliphatic carbocycles. The van der Waals surface area contributed by atoms with Crippen LogP contribution in [0.4, 0.5) is 18.9 Å². The zero-order valence-corrected chi connectivity index (χ0v) is 14.2. The molecular formula is C21H16F3NO2. The van der Waals surface area contributed by atoms with Gasteiger partial charge in [0.05, 0.1) is 6.42 Å². The molecule has 0 aliphatic heterocycles. The molecule has 0 aliphatic rings. The molecular weight excluding hydrogens is 355 g/mol. The van der Waals surface area contributed by atoms with E-state index in [1.807, 2.05) is 54.6 Å². The molecule has 0 saturated heterocycles. The zero-order chi connectivity index (χ0) is 19.3. The fourth-order valence-corrected chi connectivity index (χ4v) is 2.58. The van der Waals surface area contributed by atoms with Crippen LogP contribution in [-0.4, -0.2) is 12.3 Å². The molecule has 3 aromatic rings. The highest BCUT2D eigenvalue weighted by molar-refractivity contribution is 5.92.